The molecule has 0 atom stereocenters. The van der Waals surface area contributed by atoms with E-state index in [0.717, 1.165) is 16.7 Å². The van der Waals surface area contributed by atoms with Gasteiger partial charge in [0.05, 0.1) is 12.7 Å². The first kappa shape index (κ1) is 23.0. The summed E-state index contributed by atoms with van der Waals surface area (Å²) < 4.78 is 10.8. The van der Waals surface area contributed by atoms with E-state index in [2.05, 4.69) is 0 Å². The summed E-state index contributed by atoms with van der Waals surface area (Å²) in [5.74, 6) is 0.0239. The smallest absolute Gasteiger partial charge is 0.343 e. The number of rotatable bonds is 7. The van der Waals surface area contributed by atoms with E-state index in [0.29, 0.717) is 21.9 Å². The van der Waals surface area contributed by atoms with Gasteiger partial charge in [0.15, 0.2) is 17.3 Å². The Balaban J connectivity index is 1.45. The van der Waals surface area contributed by atoms with Crippen molar-refractivity contribution < 1.29 is 19.1 Å². The lowest BCUT2D eigenvalue weighted by Gasteiger charge is -2.10. The van der Waals surface area contributed by atoms with Crippen molar-refractivity contribution in [3.8, 4) is 22.6 Å². The summed E-state index contributed by atoms with van der Waals surface area (Å²) in [7, 11) is 1.49. The minimum absolute atomic E-state index is 0.114. The molecular weight excluding hydrogens is 448 g/mol. The van der Waals surface area contributed by atoms with E-state index in [9.17, 15) is 9.59 Å². The molecule has 4 aromatic carbocycles. The highest BCUT2D eigenvalue weighted by atomic mass is 35.5. The Hall–Kier alpha value is -4.15. The minimum atomic E-state index is -0.521. The van der Waals surface area contributed by atoms with E-state index in [1.807, 2.05) is 54.6 Å². The van der Waals surface area contributed by atoms with E-state index in [1.54, 1.807) is 48.5 Å². The van der Waals surface area contributed by atoms with Gasteiger partial charge in [-0.25, -0.2) is 4.79 Å². The zero-order valence-electron chi connectivity index (χ0n) is 18.4. The summed E-state index contributed by atoms with van der Waals surface area (Å²) in [5.41, 5.74) is 3.85. The van der Waals surface area contributed by atoms with Gasteiger partial charge in [0.2, 0.25) is 0 Å². The van der Waals surface area contributed by atoms with Crippen LogP contribution in [-0.4, -0.2) is 18.9 Å². The zero-order valence-corrected chi connectivity index (χ0v) is 19.2. The largest absolute Gasteiger partial charge is 0.493 e. The summed E-state index contributed by atoms with van der Waals surface area (Å²) in [6.45, 7) is 0. The van der Waals surface area contributed by atoms with Crippen molar-refractivity contribution >= 4 is 29.4 Å². The standard InChI is InChI=1S/C29H21ClO4/c1-33-28-19-20(8-18-27(28)34-29(32)24-13-15-25(30)16-14-24)7-17-26(31)23-11-9-22(10-12-23)21-5-3-2-4-6-21/h2-19H,1H3. The number of ether oxygens (including phenoxy) is 2. The highest BCUT2D eigenvalue weighted by molar-refractivity contribution is 6.30. The molecule has 5 heteroatoms. The van der Waals surface area contributed by atoms with Crippen LogP contribution in [0.1, 0.15) is 26.3 Å². The monoisotopic (exact) mass is 468 g/mol. The fraction of sp³-hybridized carbons (Fsp3) is 0.0345. The molecule has 0 saturated heterocycles. The molecule has 0 aliphatic carbocycles. The van der Waals surface area contributed by atoms with Gasteiger partial charge in [0.25, 0.3) is 0 Å². The Morgan fingerprint density at radius 3 is 2.06 bits per heavy atom. The van der Waals surface area contributed by atoms with Crippen molar-refractivity contribution in [2.75, 3.05) is 7.11 Å². The number of hydrogen-bond donors (Lipinski definition) is 0. The molecule has 0 unspecified atom stereocenters. The molecule has 0 bridgehead atoms. The zero-order chi connectivity index (χ0) is 23.9. The van der Waals surface area contributed by atoms with Crippen LogP contribution in [0, 0.1) is 0 Å². The number of hydrogen-bond acceptors (Lipinski definition) is 4. The van der Waals surface area contributed by atoms with Gasteiger partial charge < -0.3 is 9.47 Å². The number of allylic oxidation sites excluding steroid dienone is 1. The Bertz CT molecular complexity index is 1330. The van der Waals surface area contributed by atoms with Crippen molar-refractivity contribution in [2.24, 2.45) is 0 Å². The van der Waals surface area contributed by atoms with Gasteiger partial charge in [-0.2, -0.15) is 0 Å². The topological polar surface area (TPSA) is 52.6 Å². The van der Waals surface area contributed by atoms with E-state index >= 15 is 0 Å². The number of carbonyl (C=O) groups excluding carboxylic acids is 2. The average Bonchev–Trinajstić information content (AvgIpc) is 2.88. The van der Waals surface area contributed by atoms with Gasteiger partial charge >= 0.3 is 5.97 Å². The first-order valence-electron chi connectivity index (χ1n) is 10.6. The molecule has 0 amide bonds. The maximum Gasteiger partial charge on any atom is 0.343 e. The van der Waals surface area contributed by atoms with Crippen LogP contribution in [0.4, 0.5) is 0 Å². The predicted molar refractivity (Wildman–Crippen MR) is 135 cm³/mol. The second-order valence-corrected chi connectivity index (χ2v) is 7.88. The van der Waals surface area contributed by atoms with Crippen molar-refractivity contribution in [3.05, 3.63) is 125 Å². The average molecular weight is 469 g/mol. The molecule has 0 saturated carbocycles. The Labute approximate surface area is 203 Å². The number of carbonyl (C=O) groups is 2. The highest BCUT2D eigenvalue weighted by Gasteiger charge is 2.13. The van der Waals surface area contributed by atoms with Gasteiger partial charge in [-0.05, 0) is 59.2 Å². The lowest BCUT2D eigenvalue weighted by atomic mass is 10.0. The van der Waals surface area contributed by atoms with E-state index < -0.39 is 5.97 Å². The summed E-state index contributed by atoms with van der Waals surface area (Å²) >= 11 is 5.86. The van der Waals surface area contributed by atoms with E-state index in [1.165, 1.54) is 13.2 Å². The number of esters is 1. The number of methoxy groups -OCH3 is 1. The summed E-state index contributed by atoms with van der Waals surface area (Å²) in [5, 5.41) is 0.534. The lowest BCUT2D eigenvalue weighted by Crippen LogP contribution is -2.09. The van der Waals surface area contributed by atoms with E-state index in [-0.39, 0.29) is 11.5 Å². The number of ketones is 1. The van der Waals surface area contributed by atoms with Crippen molar-refractivity contribution in [1.82, 2.24) is 0 Å². The van der Waals surface area contributed by atoms with Crippen LogP contribution in [0.25, 0.3) is 17.2 Å². The third kappa shape index (κ3) is 5.61. The molecule has 0 aliphatic heterocycles. The molecule has 0 fully saturated rings. The third-order valence-corrected chi connectivity index (χ3v) is 5.43. The number of halogens is 1. The van der Waals surface area contributed by atoms with E-state index in [4.69, 9.17) is 21.1 Å². The van der Waals surface area contributed by atoms with Crippen LogP contribution >= 0.6 is 11.6 Å². The SMILES string of the molecule is COc1cc(C=CC(=O)c2ccc(-c3ccccc3)cc2)ccc1OC(=O)c1ccc(Cl)cc1. The summed E-state index contributed by atoms with van der Waals surface area (Å²) in [6.07, 6.45) is 3.20. The Morgan fingerprint density at radius 2 is 1.38 bits per heavy atom. The normalized spacial score (nSPS) is 10.8. The second-order valence-electron chi connectivity index (χ2n) is 7.45. The van der Waals surface area contributed by atoms with Crippen LogP contribution < -0.4 is 9.47 Å². The molecule has 0 heterocycles. The van der Waals surface area contributed by atoms with Gasteiger partial charge in [0, 0.05) is 10.6 Å². The van der Waals surface area contributed by atoms with Crippen molar-refractivity contribution in [3.63, 3.8) is 0 Å². The molecule has 34 heavy (non-hydrogen) atoms. The van der Waals surface area contributed by atoms with Crippen molar-refractivity contribution in [2.45, 2.75) is 0 Å². The first-order chi connectivity index (χ1) is 16.5. The number of benzene rings is 4. The van der Waals surface area contributed by atoms with Crippen LogP contribution in [-0.2, 0) is 0 Å². The maximum atomic E-state index is 12.6. The Morgan fingerprint density at radius 1 is 0.735 bits per heavy atom. The molecule has 0 N–H and O–H groups in total. The van der Waals surface area contributed by atoms with Gasteiger partial charge in [-0.15, -0.1) is 0 Å². The fourth-order valence-corrected chi connectivity index (χ4v) is 3.47. The molecule has 4 aromatic rings. The molecule has 4 nitrogen and oxygen atoms in total. The van der Waals surface area contributed by atoms with Gasteiger partial charge in [-0.1, -0.05) is 78.3 Å². The van der Waals surface area contributed by atoms with Crippen LogP contribution in [0.5, 0.6) is 11.5 Å². The van der Waals surface area contributed by atoms with Gasteiger partial charge in [-0.3, -0.25) is 4.79 Å². The first-order valence-corrected chi connectivity index (χ1v) is 10.9. The van der Waals surface area contributed by atoms with Crippen LogP contribution in [0.15, 0.2) is 103 Å². The highest BCUT2D eigenvalue weighted by Crippen LogP contribution is 2.29. The molecule has 168 valence electrons. The fourth-order valence-electron chi connectivity index (χ4n) is 3.34. The Kier molecular flexibility index (Phi) is 7.21. The lowest BCUT2D eigenvalue weighted by molar-refractivity contribution is 0.0729. The second kappa shape index (κ2) is 10.6. The van der Waals surface area contributed by atoms with Gasteiger partial charge in [0.1, 0.15) is 0 Å². The van der Waals surface area contributed by atoms with Crippen molar-refractivity contribution in [1.29, 1.82) is 0 Å². The molecular formula is C29H21ClO4. The third-order valence-electron chi connectivity index (χ3n) is 5.17. The predicted octanol–water partition coefficient (Wildman–Crippen LogP) is 7.13. The molecule has 4 rings (SSSR count). The summed E-state index contributed by atoms with van der Waals surface area (Å²) in [6, 6.07) is 29.0. The van der Waals surface area contributed by atoms with Crippen LogP contribution in [0.2, 0.25) is 5.02 Å². The molecule has 0 aliphatic rings. The minimum Gasteiger partial charge on any atom is -0.493 e. The molecule has 0 aromatic heterocycles. The maximum absolute atomic E-state index is 12.6. The quantitative estimate of drug-likeness (QED) is 0.125. The molecule has 0 spiro atoms. The van der Waals surface area contributed by atoms with Crippen LogP contribution in [0.3, 0.4) is 0 Å². The summed E-state index contributed by atoms with van der Waals surface area (Å²) in [4.78, 5) is 25.0. The molecule has 0 radical (unpaired) electrons.